The highest BCUT2D eigenvalue weighted by atomic mass is 35.5. The van der Waals surface area contributed by atoms with Gasteiger partial charge in [-0.25, -0.2) is 4.39 Å². The van der Waals surface area contributed by atoms with Gasteiger partial charge in [0.15, 0.2) is 0 Å². The first-order valence-corrected chi connectivity index (χ1v) is 4.28. The normalized spacial score (nSPS) is 15.0. The molecule has 1 atom stereocenters. The van der Waals surface area contributed by atoms with Gasteiger partial charge in [0.1, 0.15) is 13.0 Å². The van der Waals surface area contributed by atoms with Crippen molar-refractivity contribution in [3.8, 4) is 0 Å². The number of hydrogen-bond donors (Lipinski definition) is 0. The van der Waals surface area contributed by atoms with E-state index in [0.717, 1.165) is 0 Å². The number of carbonyl (C=O) groups excluding carboxylic acids is 1. The summed E-state index contributed by atoms with van der Waals surface area (Å²) in [5, 5.41) is 0.579. The van der Waals surface area contributed by atoms with E-state index >= 15 is 0 Å². The number of aldehydes is 1. The summed E-state index contributed by atoms with van der Waals surface area (Å²) in [6.07, 6.45) is 0.621. The summed E-state index contributed by atoms with van der Waals surface area (Å²) in [6.45, 7) is 0.862. The third-order valence-corrected chi connectivity index (χ3v) is 2.29. The third-order valence-electron chi connectivity index (χ3n) is 2.04. The average molecular weight is 201 g/mol. The van der Waals surface area contributed by atoms with Crippen LogP contribution >= 0.6 is 11.6 Å². The standard InChI is InChI=1S/C10H10ClFO/c1-10(6-12,7-13)8-2-4-9(11)5-3-8/h2-5,7H,6H2,1H3. The quantitative estimate of drug-likeness (QED) is 0.686. The lowest BCUT2D eigenvalue weighted by Gasteiger charge is -2.18. The Morgan fingerprint density at radius 3 is 2.38 bits per heavy atom. The fourth-order valence-corrected chi connectivity index (χ4v) is 1.13. The molecule has 0 bridgehead atoms. The Bertz CT molecular complexity index is 296. The van der Waals surface area contributed by atoms with Gasteiger partial charge in [0.25, 0.3) is 0 Å². The van der Waals surface area contributed by atoms with Crippen molar-refractivity contribution in [3.05, 3.63) is 34.9 Å². The fourth-order valence-electron chi connectivity index (χ4n) is 1.01. The van der Waals surface area contributed by atoms with Crippen molar-refractivity contribution in [3.63, 3.8) is 0 Å². The molecule has 0 aromatic heterocycles. The lowest BCUT2D eigenvalue weighted by atomic mass is 9.86. The first-order chi connectivity index (χ1) is 6.12. The predicted molar refractivity (Wildman–Crippen MR) is 50.8 cm³/mol. The van der Waals surface area contributed by atoms with Crippen molar-refractivity contribution in [2.24, 2.45) is 0 Å². The Kier molecular flexibility index (Phi) is 3.04. The van der Waals surface area contributed by atoms with E-state index in [0.29, 0.717) is 16.9 Å². The number of halogens is 2. The molecular formula is C10H10ClFO. The summed E-state index contributed by atoms with van der Waals surface area (Å²) in [7, 11) is 0. The Morgan fingerprint density at radius 2 is 2.00 bits per heavy atom. The topological polar surface area (TPSA) is 17.1 Å². The van der Waals surface area contributed by atoms with E-state index in [4.69, 9.17) is 11.6 Å². The van der Waals surface area contributed by atoms with Gasteiger partial charge in [0.05, 0.1) is 5.41 Å². The van der Waals surface area contributed by atoms with Crippen molar-refractivity contribution in [2.45, 2.75) is 12.3 Å². The van der Waals surface area contributed by atoms with Gasteiger partial charge in [-0.1, -0.05) is 23.7 Å². The lowest BCUT2D eigenvalue weighted by Crippen LogP contribution is -2.26. The molecule has 1 nitrogen and oxygen atoms in total. The minimum Gasteiger partial charge on any atom is -0.302 e. The zero-order chi connectivity index (χ0) is 9.90. The van der Waals surface area contributed by atoms with Crippen molar-refractivity contribution in [1.29, 1.82) is 0 Å². The van der Waals surface area contributed by atoms with E-state index in [2.05, 4.69) is 0 Å². The van der Waals surface area contributed by atoms with E-state index < -0.39 is 12.1 Å². The maximum Gasteiger partial charge on any atom is 0.132 e. The molecular weight excluding hydrogens is 191 g/mol. The number of hydrogen-bond acceptors (Lipinski definition) is 1. The van der Waals surface area contributed by atoms with Crippen LogP contribution in [0, 0.1) is 0 Å². The summed E-state index contributed by atoms with van der Waals surface area (Å²) < 4.78 is 12.6. The maximum absolute atomic E-state index is 12.6. The van der Waals surface area contributed by atoms with E-state index in [1.807, 2.05) is 0 Å². The number of carbonyl (C=O) groups is 1. The molecule has 0 radical (unpaired) electrons. The molecule has 0 fully saturated rings. The first kappa shape index (κ1) is 10.2. The highest BCUT2D eigenvalue weighted by Gasteiger charge is 2.25. The molecule has 0 aliphatic rings. The molecule has 0 aliphatic heterocycles. The molecule has 1 unspecified atom stereocenters. The van der Waals surface area contributed by atoms with Gasteiger partial charge in [-0.15, -0.1) is 0 Å². The minimum absolute atomic E-state index is 0.579. The van der Waals surface area contributed by atoms with Crippen LogP contribution in [0.4, 0.5) is 4.39 Å². The van der Waals surface area contributed by atoms with E-state index in [1.54, 1.807) is 31.2 Å². The molecule has 0 amide bonds. The number of alkyl halides is 1. The van der Waals surface area contributed by atoms with Crippen LogP contribution in [0.15, 0.2) is 24.3 Å². The van der Waals surface area contributed by atoms with Gasteiger partial charge in [-0.05, 0) is 24.6 Å². The van der Waals surface area contributed by atoms with Crippen molar-refractivity contribution < 1.29 is 9.18 Å². The third kappa shape index (κ3) is 2.07. The molecule has 13 heavy (non-hydrogen) atoms. The van der Waals surface area contributed by atoms with E-state index in [-0.39, 0.29) is 0 Å². The van der Waals surface area contributed by atoms with Crippen molar-refractivity contribution in [1.82, 2.24) is 0 Å². The second kappa shape index (κ2) is 3.88. The Morgan fingerprint density at radius 1 is 1.46 bits per heavy atom. The van der Waals surface area contributed by atoms with Gasteiger partial charge in [-0.2, -0.15) is 0 Å². The lowest BCUT2D eigenvalue weighted by molar-refractivity contribution is -0.112. The number of rotatable bonds is 3. The van der Waals surface area contributed by atoms with Crippen LogP contribution in [0.1, 0.15) is 12.5 Å². The van der Waals surface area contributed by atoms with Crippen LogP contribution in [0.2, 0.25) is 5.02 Å². The molecule has 1 aromatic rings. The summed E-state index contributed by atoms with van der Waals surface area (Å²) >= 11 is 5.67. The fraction of sp³-hybridized carbons (Fsp3) is 0.300. The predicted octanol–water partition coefficient (Wildman–Crippen LogP) is 2.77. The summed E-state index contributed by atoms with van der Waals surface area (Å²) in [5.74, 6) is 0. The second-order valence-corrected chi connectivity index (χ2v) is 3.61. The Balaban J connectivity index is 3.06. The van der Waals surface area contributed by atoms with Crippen molar-refractivity contribution >= 4 is 17.9 Å². The monoisotopic (exact) mass is 200 g/mol. The highest BCUT2D eigenvalue weighted by Crippen LogP contribution is 2.23. The molecule has 1 aromatic carbocycles. The molecule has 1 rings (SSSR count). The molecule has 0 saturated carbocycles. The van der Waals surface area contributed by atoms with Crippen LogP contribution in [-0.4, -0.2) is 13.0 Å². The Labute approximate surface area is 81.5 Å². The van der Waals surface area contributed by atoms with Gasteiger partial charge < -0.3 is 4.79 Å². The molecule has 0 spiro atoms. The van der Waals surface area contributed by atoms with Crippen molar-refractivity contribution in [2.75, 3.05) is 6.67 Å². The van der Waals surface area contributed by atoms with Crippen LogP contribution in [0.25, 0.3) is 0 Å². The first-order valence-electron chi connectivity index (χ1n) is 3.91. The second-order valence-electron chi connectivity index (χ2n) is 3.18. The van der Waals surface area contributed by atoms with Crippen LogP contribution in [-0.2, 0) is 10.2 Å². The molecule has 3 heteroatoms. The van der Waals surface area contributed by atoms with Crippen LogP contribution in [0.3, 0.4) is 0 Å². The zero-order valence-electron chi connectivity index (χ0n) is 7.26. The smallest absolute Gasteiger partial charge is 0.132 e. The highest BCUT2D eigenvalue weighted by molar-refractivity contribution is 6.30. The molecule has 0 N–H and O–H groups in total. The molecule has 70 valence electrons. The largest absolute Gasteiger partial charge is 0.302 e. The van der Waals surface area contributed by atoms with E-state index in [1.165, 1.54) is 0 Å². The SMILES string of the molecule is CC(C=O)(CF)c1ccc(Cl)cc1. The van der Waals surface area contributed by atoms with Gasteiger partial charge in [0.2, 0.25) is 0 Å². The number of benzene rings is 1. The molecule has 0 aliphatic carbocycles. The zero-order valence-corrected chi connectivity index (χ0v) is 8.01. The van der Waals surface area contributed by atoms with Gasteiger partial charge >= 0.3 is 0 Å². The van der Waals surface area contributed by atoms with E-state index in [9.17, 15) is 9.18 Å². The summed E-state index contributed by atoms with van der Waals surface area (Å²) in [6, 6.07) is 6.62. The Hall–Kier alpha value is -0.890. The van der Waals surface area contributed by atoms with Crippen LogP contribution in [0.5, 0.6) is 0 Å². The summed E-state index contributed by atoms with van der Waals surface area (Å²) in [4.78, 5) is 10.7. The van der Waals surface area contributed by atoms with Gasteiger partial charge in [0, 0.05) is 5.02 Å². The average Bonchev–Trinajstić information content (AvgIpc) is 2.18. The van der Waals surface area contributed by atoms with Crippen LogP contribution < -0.4 is 0 Å². The molecule has 0 saturated heterocycles. The summed E-state index contributed by atoms with van der Waals surface area (Å²) in [5.41, 5.74) is -0.390. The minimum atomic E-state index is -1.04. The maximum atomic E-state index is 12.6. The van der Waals surface area contributed by atoms with Gasteiger partial charge in [-0.3, -0.25) is 0 Å². The molecule has 0 heterocycles.